The monoisotopic (exact) mass is 361 g/mol. The van der Waals surface area contributed by atoms with E-state index in [0.29, 0.717) is 24.6 Å². The molecule has 2 rings (SSSR count). The molecule has 0 spiro atoms. The van der Waals surface area contributed by atoms with Gasteiger partial charge in [-0.25, -0.2) is 4.99 Å². The van der Waals surface area contributed by atoms with E-state index in [1.54, 1.807) is 14.2 Å². The summed E-state index contributed by atoms with van der Waals surface area (Å²) in [5, 5.41) is 7.28. The van der Waals surface area contributed by atoms with Crippen molar-refractivity contribution in [3.63, 3.8) is 0 Å². The van der Waals surface area contributed by atoms with Gasteiger partial charge >= 0.3 is 0 Å². The Hall–Kier alpha value is -2.40. The van der Waals surface area contributed by atoms with Crippen LogP contribution in [-0.4, -0.2) is 26.7 Å². The van der Waals surface area contributed by atoms with Crippen molar-refractivity contribution in [3.05, 3.63) is 58.6 Å². The van der Waals surface area contributed by atoms with Crippen LogP contribution in [0.3, 0.4) is 0 Å². The van der Waals surface area contributed by atoms with Crippen molar-refractivity contribution in [2.45, 2.75) is 20.0 Å². The molecule has 0 unspecified atom stereocenters. The number of ether oxygens (including phenoxy) is 2. The molecule has 6 heteroatoms. The van der Waals surface area contributed by atoms with E-state index in [4.69, 9.17) is 21.1 Å². The van der Waals surface area contributed by atoms with Crippen LogP contribution in [0.1, 0.15) is 18.1 Å². The number of benzene rings is 2. The van der Waals surface area contributed by atoms with Gasteiger partial charge in [-0.15, -0.1) is 0 Å². The van der Waals surface area contributed by atoms with Crippen LogP contribution >= 0.6 is 11.6 Å². The van der Waals surface area contributed by atoms with Crippen molar-refractivity contribution < 1.29 is 9.47 Å². The maximum Gasteiger partial charge on any atom is 0.191 e. The summed E-state index contributed by atoms with van der Waals surface area (Å²) in [5.41, 5.74) is 2.14. The lowest BCUT2D eigenvalue weighted by atomic mass is 10.2. The van der Waals surface area contributed by atoms with E-state index in [1.165, 1.54) is 0 Å². The second-order valence-electron chi connectivity index (χ2n) is 5.37. The summed E-state index contributed by atoms with van der Waals surface area (Å²) in [6, 6.07) is 13.6. The highest BCUT2D eigenvalue weighted by molar-refractivity contribution is 6.30. The van der Waals surface area contributed by atoms with Gasteiger partial charge in [0.25, 0.3) is 0 Å². The van der Waals surface area contributed by atoms with Gasteiger partial charge in [0.1, 0.15) is 0 Å². The third-order valence-electron chi connectivity index (χ3n) is 3.56. The lowest BCUT2D eigenvalue weighted by molar-refractivity contribution is 0.354. The van der Waals surface area contributed by atoms with Crippen molar-refractivity contribution in [1.82, 2.24) is 10.6 Å². The van der Waals surface area contributed by atoms with Gasteiger partial charge in [0.05, 0.1) is 20.8 Å². The van der Waals surface area contributed by atoms with Crippen LogP contribution in [0.15, 0.2) is 47.5 Å². The number of halogens is 1. The van der Waals surface area contributed by atoms with Gasteiger partial charge in [-0.3, -0.25) is 0 Å². The number of nitrogens with zero attached hydrogens (tertiary/aromatic N) is 1. The fraction of sp³-hybridized carbons (Fsp3) is 0.316. The Balaban J connectivity index is 2.02. The fourth-order valence-electron chi connectivity index (χ4n) is 2.32. The van der Waals surface area contributed by atoms with Gasteiger partial charge in [-0.2, -0.15) is 0 Å². The number of guanidine groups is 1. The highest BCUT2D eigenvalue weighted by Gasteiger charge is 2.05. The van der Waals surface area contributed by atoms with Gasteiger partial charge in [0.15, 0.2) is 17.5 Å². The molecule has 2 aromatic rings. The topological polar surface area (TPSA) is 54.9 Å². The quantitative estimate of drug-likeness (QED) is 0.584. The zero-order valence-electron chi connectivity index (χ0n) is 14.8. The van der Waals surface area contributed by atoms with E-state index in [-0.39, 0.29) is 0 Å². The van der Waals surface area contributed by atoms with Crippen molar-refractivity contribution in [1.29, 1.82) is 0 Å². The van der Waals surface area contributed by atoms with Crippen LogP contribution < -0.4 is 20.1 Å². The summed E-state index contributed by atoms with van der Waals surface area (Å²) in [5.74, 6) is 2.17. The Morgan fingerprint density at radius 3 is 2.48 bits per heavy atom. The Morgan fingerprint density at radius 1 is 1.00 bits per heavy atom. The van der Waals surface area contributed by atoms with Crippen LogP contribution in [0.4, 0.5) is 0 Å². The molecule has 5 nitrogen and oxygen atoms in total. The lowest BCUT2D eigenvalue weighted by Crippen LogP contribution is -2.36. The molecule has 0 amide bonds. The number of aliphatic imine (C=N–C) groups is 1. The first-order valence-electron chi connectivity index (χ1n) is 8.13. The molecule has 2 aromatic carbocycles. The molecule has 2 N–H and O–H groups in total. The largest absolute Gasteiger partial charge is 0.493 e. The predicted molar refractivity (Wildman–Crippen MR) is 103 cm³/mol. The number of nitrogens with one attached hydrogen (secondary N) is 2. The van der Waals surface area contributed by atoms with Crippen molar-refractivity contribution in [2.75, 3.05) is 20.8 Å². The smallest absolute Gasteiger partial charge is 0.191 e. The summed E-state index contributed by atoms with van der Waals surface area (Å²) in [6.45, 7) is 4.00. The van der Waals surface area contributed by atoms with E-state index in [0.717, 1.165) is 28.7 Å². The van der Waals surface area contributed by atoms with Gasteiger partial charge < -0.3 is 20.1 Å². The van der Waals surface area contributed by atoms with E-state index < -0.39 is 0 Å². The van der Waals surface area contributed by atoms with Gasteiger partial charge in [-0.1, -0.05) is 29.8 Å². The van der Waals surface area contributed by atoms with E-state index >= 15 is 0 Å². The molecule has 134 valence electrons. The van der Waals surface area contributed by atoms with Crippen LogP contribution in [0, 0.1) is 0 Å². The maximum atomic E-state index is 6.01. The number of methoxy groups -OCH3 is 2. The molecule has 0 saturated heterocycles. The van der Waals surface area contributed by atoms with E-state index in [1.807, 2.05) is 49.4 Å². The molecule has 0 saturated carbocycles. The third kappa shape index (κ3) is 5.87. The summed E-state index contributed by atoms with van der Waals surface area (Å²) in [7, 11) is 3.26. The molecule has 0 fully saturated rings. The molecule has 0 aliphatic carbocycles. The predicted octanol–water partition coefficient (Wildman–Crippen LogP) is 3.61. The molecule has 25 heavy (non-hydrogen) atoms. The standard InChI is InChI=1S/C19H24ClN3O2/c1-4-21-19(22-12-14-6-5-7-16(20)10-14)23-13-15-8-9-17(24-2)18(11-15)25-3/h5-11H,4,12-13H2,1-3H3,(H2,21,22,23). The number of hydrogen-bond donors (Lipinski definition) is 2. The lowest BCUT2D eigenvalue weighted by Gasteiger charge is -2.13. The minimum atomic E-state index is 0.557. The number of rotatable bonds is 7. The maximum absolute atomic E-state index is 6.01. The zero-order valence-corrected chi connectivity index (χ0v) is 15.6. The minimum Gasteiger partial charge on any atom is -0.493 e. The molecule has 0 heterocycles. The van der Waals surface area contributed by atoms with Crippen molar-refractivity contribution >= 4 is 17.6 Å². The van der Waals surface area contributed by atoms with Crippen LogP contribution in [0.2, 0.25) is 5.02 Å². The molecular formula is C19H24ClN3O2. The molecule has 0 aliphatic rings. The first-order valence-corrected chi connectivity index (χ1v) is 8.51. The third-order valence-corrected chi connectivity index (χ3v) is 3.80. The van der Waals surface area contributed by atoms with Crippen molar-refractivity contribution in [3.8, 4) is 11.5 Å². The summed E-state index contributed by atoms with van der Waals surface area (Å²) >= 11 is 6.01. The Morgan fingerprint density at radius 2 is 1.80 bits per heavy atom. The molecule has 0 radical (unpaired) electrons. The highest BCUT2D eigenvalue weighted by atomic mass is 35.5. The second kappa shape index (κ2) is 9.79. The van der Waals surface area contributed by atoms with Crippen LogP contribution in [-0.2, 0) is 13.1 Å². The summed E-state index contributed by atoms with van der Waals surface area (Å²) in [4.78, 5) is 4.60. The van der Waals surface area contributed by atoms with Crippen molar-refractivity contribution in [2.24, 2.45) is 4.99 Å². The molecule has 0 bridgehead atoms. The highest BCUT2D eigenvalue weighted by Crippen LogP contribution is 2.27. The SMILES string of the molecule is CCNC(=NCc1cccc(Cl)c1)NCc1ccc(OC)c(OC)c1. The Labute approximate surface area is 154 Å². The summed E-state index contributed by atoms with van der Waals surface area (Å²) < 4.78 is 10.6. The molecule has 0 atom stereocenters. The van der Waals surface area contributed by atoms with Gasteiger partial charge in [-0.05, 0) is 42.3 Å². The zero-order chi connectivity index (χ0) is 18.1. The van der Waals surface area contributed by atoms with E-state index in [9.17, 15) is 0 Å². The van der Waals surface area contributed by atoms with Crippen LogP contribution in [0.25, 0.3) is 0 Å². The van der Waals surface area contributed by atoms with Crippen LogP contribution in [0.5, 0.6) is 11.5 Å². The minimum absolute atomic E-state index is 0.557. The van der Waals surface area contributed by atoms with E-state index in [2.05, 4.69) is 15.6 Å². The summed E-state index contributed by atoms with van der Waals surface area (Å²) in [6.07, 6.45) is 0. The second-order valence-corrected chi connectivity index (χ2v) is 5.80. The normalized spacial score (nSPS) is 11.1. The fourth-order valence-corrected chi connectivity index (χ4v) is 2.54. The van der Waals surface area contributed by atoms with Gasteiger partial charge in [0.2, 0.25) is 0 Å². The average Bonchev–Trinajstić information content (AvgIpc) is 2.63. The molecule has 0 aromatic heterocycles. The first kappa shape index (κ1) is 18.9. The number of hydrogen-bond acceptors (Lipinski definition) is 3. The molecular weight excluding hydrogens is 338 g/mol. The average molecular weight is 362 g/mol. The Bertz CT molecular complexity index is 720. The first-order chi connectivity index (χ1) is 12.2. The Kier molecular flexibility index (Phi) is 7.41. The van der Waals surface area contributed by atoms with Gasteiger partial charge in [0, 0.05) is 18.1 Å². The molecule has 0 aliphatic heterocycles.